The van der Waals surface area contributed by atoms with E-state index >= 15 is 0 Å². The summed E-state index contributed by atoms with van der Waals surface area (Å²) >= 11 is 0. The Morgan fingerprint density at radius 3 is 1.60 bits per heavy atom. The summed E-state index contributed by atoms with van der Waals surface area (Å²) in [6, 6.07) is 0. The average molecular weight is 202 g/mol. The summed E-state index contributed by atoms with van der Waals surface area (Å²) in [5.74, 6) is 0. The first-order valence-corrected chi connectivity index (χ1v) is 2.98. The van der Waals surface area contributed by atoms with Crippen LogP contribution in [0.25, 0.3) is 0 Å². The summed E-state index contributed by atoms with van der Waals surface area (Å²) in [4.78, 5) is 0. The maximum atomic E-state index is 11.3. The molecule has 56 valence electrons. The van der Waals surface area contributed by atoms with Crippen molar-refractivity contribution in [3.05, 3.63) is 11.2 Å². The van der Waals surface area contributed by atoms with Crippen LogP contribution in [-0.2, 0) is 10.1 Å². The molecular weight excluding hydrogens is 200 g/mol. The summed E-state index contributed by atoms with van der Waals surface area (Å²) in [7, 11) is -5.34. The Morgan fingerprint density at radius 1 is 1.30 bits per heavy atom. The minimum atomic E-state index is -5.34. The van der Waals surface area contributed by atoms with Gasteiger partial charge < -0.3 is 1.43 Å². The Morgan fingerprint density at radius 2 is 1.60 bits per heavy atom. The van der Waals surface area contributed by atoms with Crippen LogP contribution in [0.2, 0.25) is 0 Å². The van der Waals surface area contributed by atoms with E-state index in [-0.39, 0.29) is 52.8 Å². The van der Waals surface area contributed by atoms with Crippen LogP contribution in [0.15, 0.2) is 11.2 Å². The maximum Gasteiger partial charge on any atom is 1.00 e. The van der Waals surface area contributed by atoms with Gasteiger partial charge in [-0.15, -0.1) is 0 Å². The monoisotopic (exact) mass is 202 g/mol. The molecule has 0 spiro atoms. The van der Waals surface area contributed by atoms with E-state index in [0.717, 1.165) is 0 Å². The summed E-state index contributed by atoms with van der Waals surface area (Å²) in [5.41, 5.74) is 0. The standard InChI is InChI=1S/C2HF3O3S.K.H/c3-1(4)2(5)9(6,7)8;;/h(H,6,7,8);;/q;+1;-1. The van der Waals surface area contributed by atoms with Crippen LogP contribution in [0.1, 0.15) is 1.43 Å². The van der Waals surface area contributed by atoms with Gasteiger partial charge in [-0.25, -0.2) is 0 Å². The summed E-state index contributed by atoms with van der Waals surface area (Å²) in [5, 5.41) is -2.80. The second kappa shape index (κ2) is 4.85. The zero-order chi connectivity index (χ0) is 7.65. The number of hydrogen-bond acceptors (Lipinski definition) is 2. The van der Waals surface area contributed by atoms with E-state index in [0.29, 0.717) is 0 Å². The Kier molecular flexibility index (Phi) is 6.63. The van der Waals surface area contributed by atoms with E-state index < -0.39 is 21.4 Å². The largest absolute Gasteiger partial charge is 1.00 e. The van der Waals surface area contributed by atoms with Crippen molar-refractivity contribution in [2.24, 2.45) is 0 Å². The van der Waals surface area contributed by atoms with E-state index in [1.807, 2.05) is 0 Å². The van der Waals surface area contributed by atoms with Crippen LogP contribution in [-0.4, -0.2) is 13.0 Å². The number of hydrogen-bond donors (Lipinski definition) is 1. The Hall–Kier alpha value is 1.08. The third-order valence-corrected chi connectivity index (χ3v) is 0.982. The molecule has 0 aromatic rings. The van der Waals surface area contributed by atoms with Crippen molar-refractivity contribution in [2.45, 2.75) is 0 Å². The Labute approximate surface area is 98.9 Å². The summed E-state index contributed by atoms with van der Waals surface area (Å²) in [6.07, 6.45) is -3.06. The zero-order valence-corrected chi connectivity index (χ0v) is 8.75. The molecule has 8 heteroatoms. The Bertz CT molecular complexity index is 233. The molecule has 0 aliphatic rings. The molecule has 0 aromatic heterocycles. The molecule has 10 heavy (non-hydrogen) atoms. The number of rotatable bonds is 1. The second-order valence-electron chi connectivity index (χ2n) is 1.01. The van der Waals surface area contributed by atoms with E-state index in [1.165, 1.54) is 0 Å². The first-order valence-electron chi connectivity index (χ1n) is 1.54. The van der Waals surface area contributed by atoms with Crippen LogP contribution in [0, 0.1) is 0 Å². The molecule has 0 saturated carbocycles. The van der Waals surface area contributed by atoms with Crippen molar-refractivity contribution in [2.75, 3.05) is 0 Å². The van der Waals surface area contributed by atoms with Crippen molar-refractivity contribution < 1.29 is 79.0 Å². The summed E-state index contributed by atoms with van der Waals surface area (Å²) in [6.45, 7) is 0. The van der Waals surface area contributed by atoms with E-state index in [9.17, 15) is 21.6 Å². The van der Waals surface area contributed by atoms with Gasteiger partial charge in [-0.05, 0) is 0 Å². The van der Waals surface area contributed by atoms with E-state index in [1.54, 1.807) is 0 Å². The Balaban J connectivity index is -0.000000320. The predicted octanol–water partition coefficient (Wildman–Crippen LogP) is -1.97. The smallest absolute Gasteiger partial charge is 1.00 e. The van der Waals surface area contributed by atoms with Gasteiger partial charge in [0.05, 0.1) is 0 Å². The van der Waals surface area contributed by atoms with Gasteiger partial charge >= 0.3 is 72.7 Å². The molecule has 0 radical (unpaired) electrons. The molecule has 1 N–H and O–H groups in total. The van der Waals surface area contributed by atoms with Crippen LogP contribution in [0.3, 0.4) is 0 Å². The summed E-state index contributed by atoms with van der Waals surface area (Å²) < 4.78 is 59.5. The first-order chi connectivity index (χ1) is 3.85. The first kappa shape index (κ1) is 13.7. The van der Waals surface area contributed by atoms with Gasteiger partial charge in [-0.3, -0.25) is 4.55 Å². The molecule has 0 amide bonds. The van der Waals surface area contributed by atoms with Crippen molar-refractivity contribution in [3.8, 4) is 0 Å². The molecule has 0 fully saturated rings. The molecule has 0 aliphatic carbocycles. The molecule has 0 unspecified atom stereocenters. The zero-order valence-electron chi connectivity index (χ0n) is 5.81. The third-order valence-electron chi connectivity index (χ3n) is 0.375. The van der Waals surface area contributed by atoms with E-state index in [2.05, 4.69) is 0 Å². The molecule has 0 heterocycles. The molecule has 0 atom stereocenters. The van der Waals surface area contributed by atoms with Crippen LogP contribution in [0.4, 0.5) is 13.2 Å². The number of halogens is 3. The van der Waals surface area contributed by atoms with Gasteiger partial charge in [0.1, 0.15) is 0 Å². The van der Waals surface area contributed by atoms with Gasteiger partial charge in [0, 0.05) is 0 Å². The molecule has 0 aliphatic heterocycles. The molecule has 0 bridgehead atoms. The van der Waals surface area contributed by atoms with Crippen molar-refractivity contribution in [1.29, 1.82) is 0 Å². The minimum absolute atomic E-state index is 0. The quantitative estimate of drug-likeness (QED) is 0.396. The fraction of sp³-hybridized carbons (Fsp3) is 0. The molecule has 3 nitrogen and oxygen atoms in total. The molecule has 0 aromatic carbocycles. The molecule has 0 rings (SSSR count). The van der Waals surface area contributed by atoms with Crippen molar-refractivity contribution in [3.63, 3.8) is 0 Å². The van der Waals surface area contributed by atoms with Gasteiger partial charge in [0.2, 0.25) is 0 Å². The van der Waals surface area contributed by atoms with Crippen LogP contribution in [0.5, 0.6) is 0 Å². The van der Waals surface area contributed by atoms with Crippen LogP contribution >= 0.6 is 0 Å². The van der Waals surface area contributed by atoms with Gasteiger partial charge in [0.15, 0.2) is 0 Å². The second-order valence-corrected chi connectivity index (χ2v) is 2.32. The average Bonchev–Trinajstić information content (AvgIpc) is 1.62. The van der Waals surface area contributed by atoms with Gasteiger partial charge in [-0.1, -0.05) is 0 Å². The van der Waals surface area contributed by atoms with Crippen molar-refractivity contribution >= 4 is 10.1 Å². The van der Waals surface area contributed by atoms with Gasteiger partial charge in [-0.2, -0.15) is 21.6 Å². The fourth-order valence-corrected chi connectivity index (χ4v) is 0.292. The normalized spacial score (nSPS) is 10.0. The fourth-order valence-electron chi connectivity index (χ4n) is 0.0975. The SMILES string of the molecule is O=S(=O)(O)C(F)=C(F)F.[H-].[K+]. The van der Waals surface area contributed by atoms with Crippen LogP contribution < -0.4 is 51.4 Å². The minimum Gasteiger partial charge on any atom is -1.00 e. The van der Waals surface area contributed by atoms with Gasteiger partial charge in [0.25, 0.3) is 0 Å². The third kappa shape index (κ3) is 4.83. The van der Waals surface area contributed by atoms with Crippen molar-refractivity contribution in [1.82, 2.24) is 0 Å². The predicted molar refractivity (Wildman–Crippen MR) is 23.0 cm³/mol. The topological polar surface area (TPSA) is 54.4 Å². The maximum absolute atomic E-state index is 11.3. The molecule has 0 saturated heterocycles. The molecular formula is C2H2F3KO3S. The van der Waals surface area contributed by atoms with E-state index in [4.69, 9.17) is 4.55 Å².